The molecule has 0 saturated carbocycles. The van der Waals surface area contributed by atoms with E-state index in [9.17, 15) is 0 Å². The Bertz CT molecular complexity index is 454. The number of methoxy groups -OCH3 is 1. The molecule has 5 nitrogen and oxygen atoms in total. The Labute approximate surface area is 121 Å². The molecular formula is C15H26N4O. The lowest BCUT2D eigenvalue weighted by atomic mass is 10.0. The quantitative estimate of drug-likeness (QED) is 0.867. The van der Waals surface area contributed by atoms with E-state index in [1.54, 1.807) is 7.11 Å². The fraction of sp³-hybridized carbons (Fsp3) is 0.667. The molecule has 1 N–H and O–H groups in total. The van der Waals surface area contributed by atoms with E-state index in [0.29, 0.717) is 12.0 Å². The van der Waals surface area contributed by atoms with E-state index in [0.717, 1.165) is 19.6 Å². The Morgan fingerprint density at radius 2 is 2.20 bits per heavy atom. The number of rotatable bonds is 6. The van der Waals surface area contributed by atoms with Crippen LogP contribution in [0.1, 0.15) is 38.8 Å². The van der Waals surface area contributed by atoms with E-state index in [-0.39, 0.29) is 0 Å². The summed E-state index contributed by atoms with van der Waals surface area (Å²) in [6.07, 6.45) is 2.81. The number of nitrogens with one attached hydrogen (secondary N) is 1. The highest BCUT2D eigenvalue weighted by Crippen LogP contribution is 2.30. The van der Waals surface area contributed by atoms with Gasteiger partial charge in [-0.05, 0) is 38.8 Å². The summed E-state index contributed by atoms with van der Waals surface area (Å²) in [6, 6.07) is 2.53. The monoisotopic (exact) mass is 278 g/mol. The van der Waals surface area contributed by atoms with Crippen LogP contribution in [-0.2, 0) is 4.74 Å². The van der Waals surface area contributed by atoms with E-state index in [1.165, 1.54) is 17.0 Å². The van der Waals surface area contributed by atoms with Gasteiger partial charge in [-0.1, -0.05) is 0 Å². The van der Waals surface area contributed by atoms with Gasteiger partial charge in [0, 0.05) is 56.9 Å². The highest BCUT2D eigenvalue weighted by atomic mass is 16.5. The number of ether oxygens (including phenoxy) is 1. The summed E-state index contributed by atoms with van der Waals surface area (Å²) in [5.74, 6) is 0.396. The number of aromatic nitrogens is 2. The molecule has 1 aliphatic heterocycles. The molecule has 0 amide bonds. The molecule has 1 aromatic rings. The molecule has 5 heteroatoms. The van der Waals surface area contributed by atoms with Gasteiger partial charge >= 0.3 is 0 Å². The van der Waals surface area contributed by atoms with Gasteiger partial charge in [0.05, 0.1) is 0 Å². The van der Waals surface area contributed by atoms with Crippen molar-refractivity contribution in [3.05, 3.63) is 29.2 Å². The second-order valence-corrected chi connectivity index (χ2v) is 5.59. The number of nitrogens with zero attached hydrogens (tertiary/aromatic N) is 3. The predicted octanol–water partition coefficient (Wildman–Crippen LogP) is 2.37. The first kappa shape index (κ1) is 15.1. The number of likely N-dealkylation sites (N-methyl/N-ethyl adjacent to an activating group) is 1. The number of hydrazine groups is 1. The average Bonchev–Trinajstić information content (AvgIpc) is 3.03. The highest BCUT2D eigenvalue weighted by molar-refractivity contribution is 5.20. The molecule has 0 radical (unpaired) electrons. The zero-order valence-corrected chi connectivity index (χ0v) is 13.2. The summed E-state index contributed by atoms with van der Waals surface area (Å²) >= 11 is 0. The third-order valence-electron chi connectivity index (χ3n) is 4.55. The molecular weight excluding hydrogens is 252 g/mol. The van der Waals surface area contributed by atoms with Gasteiger partial charge in [-0.3, -0.25) is 5.10 Å². The lowest BCUT2D eigenvalue weighted by Gasteiger charge is -2.33. The SMILES string of the molecule is COCCC(CN1C(C)=C(C)C(C)N1C)c1ccn[nH]1. The van der Waals surface area contributed by atoms with Crippen LogP contribution in [0.4, 0.5) is 0 Å². The molecule has 0 aromatic carbocycles. The second-order valence-electron chi connectivity index (χ2n) is 5.59. The van der Waals surface area contributed by atoms with E-state index in [4.69, 9.17) is 4.74 Å². The largest absolute Gasteiger partial charge is 0.385 e. The molecule has 1 aromatic heterocycles. The minimum Gasteiger partial charge on any atom is -0.385 e. The standard InChI is InChI=1S/C15H26N4O/c1-11-12(2)18(4)19(13(11)3)10-14(7-9-20-5)15-6-8-16-17-15/h6,8,12,14H,7,9-10H2,1-5H3,(H,16,17). The first-order valence-electron chi connectivity index (χ1n) is 7.22. The van der Waals surface area contributed by atoms with Crippen LogP contribution < -0.4 is 0 Å². The van der Waals surface area contributed by atoms with Gasteiger partial charge in [-0.2, -0.15) is 5.10 Å². The summed E-state index contributed by atoms with van der Waals surface area (Å²) in [4.78, 5) is 0. The molecule has 1 aliphatic rings. The Kier molecular flexibility index (Phi) is 4.83. The Hall–Kier alpha value is -1.33. The van der Waals surface area contributed by atoms with E-state index >= 15 is 0 Å². The van der Waals surface area contributed by atoms with Gasteiger partial charge in [0.15, 0.2) is 0 Å². The van der Waals surface area contributed by atoms with E-state index in [1.807, 2.05) is 6.20 Å². The van der Waals surface area contributed by atoms with Crippen LogP contribution in [0.3, 0.4) is 0 Å². The van der Waals surface area contributed by atoms with Crippen molar-refractivity contribution in [3.63, 3.8) is 0 Å². The molecule has 20 heavy (non-hydrogen) atoms. The maximum atomic E-state index is 5.25. The minimum atomic E-state index is 0.396. The maximum Gasteiger partial charge on any atom is 0.0490 e. The van der Waals surface area contributed by atoms with Crippen molar-refractivity contribution >= 4 is 0 Å². The van der Waals surface area contributed by atoms with Crippen molar-refractivity contribution in [1.29, 1.82) is 0 Å². The van der Waals surface area contributed by atoms with Gasteiger partial charge in [-0.15, -0.1) is 0 Å². The molecule has 0 spiro atoms. The lowest BCUT2D eigenvalue weighted by molar-refractivity contribution is 0.0302. The summed E-state index contributed by atoms with van der Waals surface area (Å²) in [5, 5.41) is 11.9. The predicted molar refractivity (Wildman–Crippen MR) is 80.1 cm³/mol. The number of H-pyrrole nitrogens is 1. The van der Waals surface area contributed by atoms with Crippen molar-refractivity contribution in [2.45, 2.75) is 39.2 Å². The molecule has 0 saturated heterocycles. The van der Waals surface area contributed by atoms with Crippen LogP contribution in [0.25, 0.3) is 0 Å². The van der Waals surface area contributed by atoms with Gasteiger partial charge in [0.2, 0.25) is 0 Å². The van der Waals surface area contributed by atoms with Crippen LogP contribution >= 0.6 is 0 Å². The minimum absolute atomic E-state index is 0.396. The normalized spacial score (nSPS) is 21.9. The van der Waals surface area contributed by atoms with Gasteiger partial charge < -0.3 is 9.75 Å². The number of hydrogen-bond donors (Lipinski definition) is 1. The zero-order valence-electron chi connectivity index (χ0n) is 13.2. The molecule has 112 valence electrons. The Balaban J connectivity index is 2.12. The Morgan fingerprint density at radius 1 is 1.45 bits per heavy atom. The molecule has 2 rings (SSSR count). The van der Waals surface area contributed by atoms with Crippen LogP contribution in [0.2, 0.25) is 0 Å². The van der Waals surface area contributed by atoms with Crippen LogP contribution in [0.5, 0.6) is 0 Å². The van der Waals surface area contributed by atoms with E-state index < -0.39 is 0 Å². The molecule has 2 heterocycles. The smallest absolute Gasteiger partial charge is 0.0490 e. The average molecular weight is 278 g/mol. The van der Waals surface area contributed by atoms with Crippen LogP contribution in [0, 0.1) is 0 Å². The first-order valence-corrected chi connectivity index (χ1v) is 7.22. The zero-order chi connectivity index (χ0) is 14.7. The number of hydrogen-bond acceptors (Lipinski definition) is 4. The number of aromatic amines is 1. The summed E-state index contributed by atoms with van der Waals surface area (Å²) in [5.41, 5.74) is 3.99. The molecule has 0 bridgehead atoms. The number of allylic oxidation sites excluding steroid dienone is 1. The fourth-order valence-electron chi connectivity index (χ4n) is 2.81. The van der Waals surface area contributed by atoms with Crippen LogP contribution in [0.15, 0.2) is 23.5 Å². The Morgan fingerprint density at radius 3 is 2.70 bits per heavy atom. The summed E-state index contributed by atoms with van der Waals surface area (Å²) in [7, 11) is 3.91. The van der Waals surface area contributed by atoms with Gasteiger partial charge in [-0.25, -0.2) is 5.01 Å². The topological polar surface area (TPSA) is 44.4 Å². The van der Waals surface area contributed by atoms with E-state index in [2.05, 4.69) is 54.1 Å². The van der Waals surface area contributed by atoms with Crippen molar-refractivity contribution in [2.24, 2.45) is 0 Å². The highest BCUT2D eigenvalue weighted by Gasteiger charge is 2.30. The van der Waals surface area contributed by atoms with Crippen molar-refractivity contribution in [1.82, 2.24) is 20.2 Å². The van der Waals surface area contributed by atoms with Crippen molar-refractivity contribution in [2.75, 3.05) is 27.3 Å². The second kappa shape index (κ2) is 6.41. The molecule has 0 aliphatic carbocycles. The third kappa shape index (κ3) is 2.88. The third-order valence-corrected chi connectivity index (χ3v) is 4.55. The molecule has 0 fully saturated rings. The van der Waals surface area contributed by atoms with Crippen molar-refractivity contribution < 1.29 is 4.74 Å². The molecule has 2 unspecified atom stereocenters. The van der Waals surface area contributed by atoms with Crippen molar-refractivity contribution in [3.8, 4) is 0 Å². The van der Waals surface area contributed by atoms with Gasteiger partial charge in [0.25, 0.3) is 0 Å². The summed E-state index contributed by atoms with van der Waals surface area (Å²) in [6.45, 7) is 8.39. The lowest BCUT2D eigenvalue weighted by Crippen LogP contribution is -2.40. The maximum absolute atomic E-state index is 5.25. The fourth-order valence-corrected chi connectivity index (χ4v) is 2.81. The molecule has 2 atom stereocenters. The first-order chi connectivity index (χ1) is 9.56. The van der Waals surface area contributed by atoms with Gasteiger partial charge in [0.1, 0.15) is 0 Å². The van der Waals surface area contributed by atoms with Crippen LogP contribution in [-0.4, -0.2) is 53.6 Å². The summed E-state index contributed by atoms with van der Waals surface area (Å²) < 4.78 is 5.25.